The number of carbonyl (C=O) groups is 1. The molecule has 0 unspecified atom stereocenters. The predicted molar refractivity (Wildman–Crippen MR) is 140 cm³/mol. The van der Waals surface area contributed by atoms with Crippen LogP contribution in [0.1, 0.15) is 11.4 Å². The molecule has 5 aromatic rings. The molecular formula is C27H21F2N9O2. The van der Waals surface area contributed by atoms with E-state index in [0.29, 0.717) is 29.8 Å². The highest BCUT2D eigenvalue weighted by Gasteiger charge is 2.29. The molecular weight excluding hydrogens is 520 g/mol. The van der Waals surface area contributed by atoms with E-state index in [9.17, 15) is 14.3 Å². The topological polar surface area (TPSA) is 132 Å². The summed E-state index contributed by atoms with van der Waals surface area (Å²) in [5.41, 5.74) is 7.94. The van der Waals surface area contributed by atoms with Crippen molar-refractivity contribution in [2.24, 2.45) is 0 Å². The van der Waals surface area contributed by atoms with E-state index < -0.39 is 17.7 Å². The van der Waals surface area contributed by atoms with Gasteiger partial charge in [0, 0.05) is 42.4 Å². The van der Waals surface area contributed by atoms with Gasteiger partial charge >= 0.3 is 0 Å². The molecule has 0 aliphatic carbocycles. The number of aliphatic hydroxyl groups excluding tert-OH is 1. The number of aromatic nitrogens is 6. The Morgan fingerprint density at radius 3 is 2.67 bits per heavy atom. The lowest BCUT2D eigenvalue weighted by molar-refractivity contribution is -0.142. The second-order valence-corrected chi connectivity index (χ2v) is 9.38. The number of nitrogens with zero attached hydrogens (tertiary/aromatic N) is 8. The van der Waals surface area contributed by atoms with Crippen LogP contribution >= 0.6 is 0 Å². The van der Waals surface area contributed by atoms with E-state index >= 15 is 4.39 Å². The van der Waals surface area contributed by atoms with Crippen LogP contribution in [0.2, 0.25) is 0 Å². The molecule has 1 amide bonds. The lowest BCUT2D eigenvalue weighted by Gasteiger charge is -2.35. The molecule has 40 heavy (non-hydrogen) atoms. The van der Waals surface area contributed by atoms with Crippen molar-refractivity contribution in [2.45, 2.75) is 19.1 Å². The number of carbonyl (C=O) groups excluding carboxylic acids is 1. The van der Waals surface area contributed by atoms with E-state index in [1.807, 2.05) is 0 Å². The van der Waals surface area contributed by atoms with E-state index in [1.165, 1.54) is 38.5 Å². The van der Waals surface area contributed by atoms with Crippen LogP contribution in [0.5, 0.6) is 0 Å². The summed E-state index contributed by atoms with van der Waals surface area (Å²) in [5, 5.41) is 18.1. The van der Waals surface area contributed by atoms with Crippen molar-refractivity contribution in [3.8, 4) is 22.4 Å². The number of benzene rings is 2. The number of halogens is 2. The lowest BCUT2D eigenvalue weighted by Crippen LogP contribution is -2.54. The Hall–Kier alpha value is -5.22. The molecule has 0 bridgehead atoms. The number of fused-ring (bicyclic) bond motifs is 1. The highest BCUT2D eigenvalue weighted by molar-refractivity contribution is 5.77. The summed E-state index contributed by atoms with van der Waals surface area (Å²) in [6.07, 6.45) is 4.18. The van der Waals surface area contributed by atoms with E-state index in [4.69, 9.17) is 12.3 Å². The second-order valence-electron chi connectivity index (χ2n) is 9.38. The Balaban J connectivity index is 1.30. The number of aliphatic hydroxyl groups is 1. The van der Waals surface area contributed by atoms with Crippen LogP contribution in [0.25, 0.3) is 32.9 Å². The molecule has 2 aromatic carbocycles. The predicted octanol–water partition coefficient (Wildman–Crippen LogP) is 2.86. The fraction of sp³-hybridized carbons (Fsp3) is 0.185. The molecule has 200 valence electrons. The highest BCUT2D eigenvalue weighted by Crippen LogP contribution is 2.30. The monoisotopic (exact) mass is 541 g/mol. The molecule has 1 fully saturated rings. The fourth-order valence-electron chi connectivity index (χ4n) is 4.62. The molecule has 6 rings (SSSR count). The van der Waals surface area contributed by atoms with Gasteiger partial charge < -0.3 is 15.7 Å². The Morgan fingerprint density at radius 2 is 1.90 bits per heavy atom. The Kier molecular flexibility index (Phi) is 6.16. The summed E-state index contributed by atoms with van der Waals surface area (Å²) in [7, 11) is 0. The van der Waals surface area contributed by atoms with Gasteiger partial charge in [-0.1, -0.05) is 30.3 Å². The molecule has 1 aliphatic rings. The molecule has 0 atom stereocenters. The number of hydrogen-bond donors (Lipinski definition) is 2. The molecule has 13 heteroatoms. The van der Waals surface area contributed by atoms with Gasteiger partial charge in [-0.05, 0) is 11.6 Å². The SMILES string of the molecule is [C-]#[N+]c1cccc(-c2cn3nc(Cc4c(F)cccc4-c4cnn(CC(=O)N5CC(O)C5)c4)nc3c(N)n2)c1F. The highest BCUT2D eigenvalue weighted by atomic mass is 19.1. The summed E-state index contributed by atoms with van der Waals surface area (Å²) >= 11 is 0. The number of nitrogen functional groups attached to an aromatic ring is 1. The number of rotatable bonds is 6. The van der Waals surface area contributed by atoms with E-state index in [-0.39, 0.29) is 53.1 Å². The first-order valence-corrected chi connectivity index (χ1v) is 12.2. The summed E-state index contributed by atoms with van der Waals surface area (Å²) in [5.74, 6) is -1.10. The van der Waals surface area contributed by atoms with Crippen molar-refractivity contribution in [1.82, 2.24) is 34.3 Å². The van der Waals surface area contributed by atoms with Gasteiger partial charge in [0.25, 0.3) is 0 Å². The molecule has 0 spiro atoms. The van der Waals surface area contributed by atoms with Crippen molar-refractivity contribution >= 4 is 23.1 Å². The minimum Gasteiger partial charge on any atom is -0.389 e. The number of anilines is 1. The first-order valence-electron chi connectivity index (χ1n) is 12.2. The molecule has 3 N–H and O–H groups in total. The molecule has 4 heterocycles. The summed E-state index contributed by atoms with van der Waals surface area (Å²) < 4.78 is 32.7. The fourth-order valence-corrected chi connectivity index (χ4v) is 4.62. The van der Waals surface area contributed by atoms with Crippen LogP contribution in [-0.4, -0.2) is 64.5 Å². The van der Waals surface area contributed by atoms with Crippen molar-refractivity contribution < 1.29 is 18.7 Å². The second kappa shape index (κ2) is 9.83. The Bertz CT molecular complexity index is 1820. The van der Waals surface area contributed by atoms with E-state index in [0.717, 1.165) is 0 Å². The van der Waals surface area contributed by atoms with Crippen LogP contribution < -0.4 is 5.73 Å². The van der Waals surface area contributed by atoms with Gasteiger partial charge in [0.2, 0.25) is 11.6 Å². The quantitative estimate of drug-likeness (QED) is 0.316. The number of hydrogen-bond acceptors (Lipinski definition) is 7. The van der Waals surface area contributed by atoms with Gasteiger partial charge in [-0.3, -0.25) is 9.48 Å². The van der Waals surface area contributed by atoms with Crippen LogP contribution in [0.4, 0.5) is 20.3 Å². The maximum atomic E-state index is 15.1. The number of β-amino-alcohol motifs (C(OH)–C–C–N with tert-alkyl or cyclic N) is 1. The van der Waals surface area contributed by atoms with Gasteiger partial charge in [-0.25, -0.2) is 28.1 Å². The average molecular weight is 542 g/mol. The van der Waals surface area contributed by atoms with E-state index in [2.05, 4.69) is 25.0 Å². The summed E-state index contributed by atoms with van der Waals surface area (Å²) in [6, 6.07) is 9.06. The summed E-state index contributed by atoms with van der Waals surface area (Å²) in [6.45, 7) is 7.74. The zero-order valence-electron chi connectivity index (χ0n) is 20.9. The molecule has 1 aliphatic heterocycles. The minimum atomic E-state index is -0.718. The van der Waals surface area contributed by atoms with Crippen molar-refractivity contribution in [3.63, 3.8) is 0 Å². The van der Waals surface area contributed by atoms with Gasteiger partial charge in [0.05, 0.1) is 30.8 Å². The van der Waals surface area contributed by atoms with Crippen molar-refractivity contribution in [2.75, 3.05) is 18.8 Å². The van der Waals surface area contributed by atoms with Gasteiger partial charge in [0.1, 0.15) is 18.2 Å². The number of likely N-dealkylation sites (tertiary alicyclic amines) is 1. The Morgan fingerprint density at radius 1 is 1.12 bits per heavy atom. The third-order valence-electron chi connectivity index (χ3n) is 6.67. The normalized spacial score (nSPS) is 13.4. The maximum Gasteiger partial charge on any atom is 0.244 e. The van der Waals surface area contributed by atoms with Gasteiger partial charge in [0.15, 0.2) is 17.3 Å². The Labute approximate surface area is 225 Å². The molecule has 1 saturated heterocycles. The van der Waals surface area contributed by atoms with Crippen molar-refractivity contribution in [3.05, 3.63) is 89.4 Å². The average Bonchev–Trinajstić information content (AvgIpc) is 3.55. The van der Waals surface area contributed by atoms with Crippen LogP contribution in [-0.2, 0) is 17.8 Å². The number of nitrogens with two attached hydrogens (primary N) is 1. The van der Waals surface area contributed by atoms with Crippen LogP contribution in [0, 0.1) is 18.2 Å². The first kappa shape index (κ1) is 25.1. The lowest BCUT2D eigenvalue weighted by atomic mass is 9.99. The van der Waals surface area contributed by atoms with E-state index in [1.54, 1.807) is 30.6 Å². The largest absolute Gasteiger partial charge is 0.389 e. The smallest absolute Gasteiger partial charge is 0.244 e. The third kappa shape index (κ3) is 4.50. The van der Waals surface area contributed by atoms with Crippen LogP contribution in [0.3, 0.4) is 0 Å². The third-order valence-corrected chi connectivity index (χ3v) is 6.67. The molecule has 0 radical (unpaired) electrons. The molecule has 0 saturated carbocycles. The first-order chi connectivity index (χ1) is 19.3. The zero-order chi connectivity index (χ0) is 28.0. The van der Waals surface area contributed by atoms with Crippen LogP contribution in [0.15, 0.2) is 55.0 Å². The maximum absolute atomic E-state index is 15.1. The molecule has 3 aromatic heterocycles. The number of amides is 1. The zero-order valence-corrected chi connectivity index (χ0v) is 20.9. The van der Waals surface area contributed by atoms with Gasteiger partial charge in [-0.15, -0.1) is 0 Å². The minimum absolute atomic E-state index is 0.000637. The summed E-state index contributed by atoms with van der Waals surface area (Å²) in [4.78, 5) is 25.7. The molecule has 11 nitrogen and oxygen atoms in total. The van der Waals surface area contributed by atoms with Crippen molar-refractivity contribution in [1.29, 1.82) is 0 Å². The van der Waals surface area contributed by atoms with Gasteiger partial charge in [-0.2, -0.15) is 10.2 Å². The standard InChI is InChI=1S/C27H21F2N9O2/c1-31-21-7-3-5-18(25(21)29)22-13-38-27(26(30)33-22)34-23(35-38)8-19-17(4-2-6-20(19)28)15-9-32-37(10-15)14-24(40)36-11-16(39)12-36/h2-7,9-10,13,16,39H,8,11-12,14H2,(H2,30,33).